The molecule has 0 amide bonds. The molecule has 302 valence electrons. The highest BCUT2D eigenvalue weighted by molar-refractivity contribution is 6.11. The van der Waals surface area contributed by atoms with Crippen molar-refractivity contribution in [1.29, 1.82) is 10.5 Å². The smallest absolute Gasteiger partial charge is 0.164 e. The van der Waals surface area contributed by atoms with Crippen molar-refractivity contribution in [3.05, 3.63) is 230 Å². The standard InChI is InChI=1S/C59H36N6/c60-37-39-26-28-54-52(30-39)53-31-40(38-61)27-29-55(53)65(54)56-50(43-20-10-3-11-21-43)35-49(36-51(56)44-22-12-4-13-23-44)59-63-57(45-24-14-5-15-25-45)62-58(64-59)48-33-46(41-16-6-1-7-17-41)32-47(34-48)42-18-8-2-9-19-42/h1-36H. The van der Waals surface area contributed by atoms with Crippen LogP contribution in [-0.2, 0) is 0 Å². The summed E-state index contributed by atoms with van der Waals surface area (Å²) in [6, 6.07) is 78.8. The third kappa shape index (κ3) is 7.28. The second-order valence-electron chi connectivity index (χ2n) is 15.9. The van der Waals surface area contributed by atoms with Gasteiger partial charge in [0.1, 0.15) is 0 Å². The van der Waals surface area contributed by atoms with E-state index in [1.165, 1.54) is 0 Å². The van der Waals surface area contributed by atoms with E-state index < -0.39 is 0 Å². The Kier molecular flexibility index (Phi) is 9.86. The molecule has 0 saturated carbocycles. The molecule has 0 spiro atoms. The summed E-state index contributed by atoms with van der Waals surface area (Å²) in [5, 5.41) is 21.8. The Hall–Kier alpha value is -9.23. The molecule has 0 N–H and O–H groups in total. The lowest BCUT2D eigenvalue weighted by atomic mass is 9.92. The van der Waals surface area contributed by atoms with Gasteiger partial charge in [-0.15, -0.1) is 0 Å². The summed E-state index contributed by atoms with van der Waals surface area (Å²) >= 11 is 0. The van der Waals surface area contributed by atoms with Gasteiger partial charge in [-0.3, -0.25) is 0 Å². The van der Waals surface area contributed by atoms with E-state index in [1.807, 2.05) is 91.0 Å². The average Bonchev–Trinajstić information content (AvgIpc) is 3.71. The first kappa shape index (κ1) is 38.7. The summed E-state index contributed by atoms with van der Waals surface area (Å²) in [7, 11) is 0. The molecule has 0 saturated heterocycles. The zero-order chi connectivity index (χ0) is 43.7. The van der Waals surface area contributed by atoms with Crippen LogP contribution in [-0.4, -0.2) is 19.5 Å². The fraction of sp³-hybridized carbons (Fsp3) is 0. The van der Waals surface area contributed by atoms with E-state index in [0.29, 0.717) is 28.6 Å². The summed E-state index contributed by atoms with van der Waals surface area (Å²) in [5.74, 6) is 1.65. The van der Waals surface area contributed by atoms with Gasteiger partial charge >= 0.3 is 0 Å². The van der Waals surface area contributed by atoms with E-state index >= 15 is 0 Å². The van der Waals surface area contributed by atoms with Gasteiger partial charge < -0.3 is 4.57 Å². The van der Waals surface area contributed by atoms with Crippen LogP contribution in [0.15, 0.2) is 218 Å². The zero-order valence-corrected chi connectivity index (χ0v) is 35.0. The van der Waals surface area contributed by atoms with Gasteiger partial charge in [0, 0.05) is 38.6 Å². The van der Waals surface area contributed by atoms with Crippen molar-refractivity contribution in [2.75, 3.05) is 0 Å². The van der Waals surface area contributed by atoms with Crippen molar-refractivity contribution in [1.82, 2.24) is 19.5 Å². The molecule has 11 rings (SSSR count). The predicted octanol–water partition coefficient (Wildman–Crippen LogP) is 14.4. The number of nitriles is 2. The predicted molar refractivity (Wildman–Crippen MR) is 262 cm³/mol. The first-order chi connectivity index (χ1) is 32.1. The highest BCUT2D eigenvalue weighted by Crippen LogP contribution is 2.44. The Morgan fingerprint density at radius 1 is 0.308 bits per heavy atom. The van der Waals surface area contributed by atoms with Crippen LogP contribution in [0.2, 0.25) is 0 Å². The molecule has 9 aromatic carbocycles. The van der Waals surface area contributed by atoms with Crippen LogP contribution in [0.3, 0.4) is 0 Å². The Labute approximate surface area is 376 Å². The van der Waals surface area contributed by atoms with Gasteiger partial charge in [-0.25, -0.2) is 15.0 Å². The van der Waals surface area contributed by atoms with Crippen LogP contribution in [0.4, 0.5) is 0 Å². The second-order valence-corrected chi connectivity index (χ2v) is 15.9. The number of hydrogen-bond donors (Lipinski definition) is 0. The summed E-state index contributed by atoms with van der Waals surface area (Å²) in [6.45, 7) is 0. The number of rotatable bonds is 8. The second kappa shape index (κ2) is 16.6. The van der Waals surface area contributed by atoms with E-state index in [4.69, 9.17) is 15.0 Å². The molecule has 0 radical (unpaired) electrons. The summed E-state index contributed by atoms with van der Waals surface area (Å²) in [6.07, 6.45) is 0. The number of aromatic nitrogens is 4. The van der Waals surface area contributed by atoms with Gasteiger partial charge in [-0.1, -0.05) is 152 Å². The average molecular weight is 829 g/mol. The van der Waals surface area contributed by atoms with Crippen molar-refractivity contribution in [2.24, 2.45) is 0 Å². The van der Waals surface area contributed by atoms with Crippen LogP contribution in [0.25, 0.3) is 106 Å². The summed E-state index contributed by atoms with van der Waals surface area (Å²) in [5.41, 5.74) is 14.6. The monoisotopic (exact) mass is 828 g/mol. The van der Waals surface area contributed by atoms with Gasteiger partial charge in [0.15, 0.2) is 17.5 Å². The normalized spacial score (nSPS) is 11.0. The largest absolute Gasteiger partial charge is 0.308 e. The van der Waals surface area contributed by atoms with Crippen LogP contribution >= 0.6 is 0 Å². The SMILES string of the molecule is N#Cc1ccc2c(c1)c1cc(C#N)ccc1n2-c1c(-c2ccccc2)cc(-c2nc(-c3ccccc3)nc(-c3cc(-c4ccccc4)cc(-c4ccccc4)c3)n2)cc1-c1ccccc1. The molecule has 0 aliphatic heterocycles. The van der Waals surface area contributed by atoms with Crippen LogP contribution < -0.4 is 0 Å². The Morgan fingerprint density at radius 3 is 1.05 bits per heavy atom. The van der Waals surface area contributed by atoms with Gasteiger partial charge in [-0.2, -0.15) is 10.5 Å². The van der Waals surface area contributed by atoms with Crippen molar-refractivity contribution in [3.8, 4) is 96.5 Å². The van der Waals surface area contributed by atoms with Crippen LogP contribution in [0, 0.1) is 22.7 Å². The topological polar surface area (TPSA) is 91.2 Å². The van der Waals surface area contributed by atoms with Gasteiger partial charge in [0.05, 0.1) is 40.0 Å². The van der Waals surface area contributed by atoms with Gasteiger partial charge in [0.25, 0.3) is 0 Å². The van der Waals surface area contributed by atoms with E-state index in [2.05, 4.69) is 144 Å². The molecule has 6 nitrogen and oxygen atoms in total. The highest BCUT2D eigenvalue weighted by Gasteiger charge is 2.24. The molecule has 2 heterocycles. The minimum absolute atomic E-state index is 0.528. The molecule has 0 fully saturated rings. The van der Waals surface area contributed by atoms with Crippen molar-refractivity contribution < 1.29 is 0 Å². The molecule has 11 aromatic rings. The lowest BCUT2D eigenvalue weighted by Crippen LogP contribution is -2.04. The molecular formula is C59H36N6. The first-order valence-corrected chi connectivity index (χ1v) is 21.4. The molecule has 0 atom stereocenters. The van der Waals surface area contributed by atoms with Crippen LogP contribution in [0.1, 0.15) is 11.1 Å². The maximum Gasteiger partial charge on any atom is 0.164 e. The lowest BCUT2D eigenvalue weighted by molar-refractivity contribution is 1.07. The van der Waals surface area contributed by atoms with Gasteiger partial charge in [-0.05, 0) is 100 Å². The minimum atomic E-state index is 0.528. The fourth-order valence-electron chi connectivity index (χ4n) is 8.78. The number of nitrogens with zero attached hydrogens (tertiary/aromatic N) is 6. The quantitative estimate of drug-likeness (QED) is 0.152. The molecule has 65 heavy (non-hydrogen) atoms. The number of benzene rings is 9. The highest BCUT2D eigenvalue weighted by atomic mass is 15.0. The third-order valence-corrected chi connectivity index (χ3v) is 11.9. The van der Waals surface area contributed by atoms with Crippen LogP contribution in [0.5, 0.6) is 0 Å². The minimum Gasteiger partial charge on any atom is -0.308 e. The molecule has 0 bridgehead atoms. The molecule has 6 heteroatoms. The Bertz CT molecular complexity index is 3460. The van der Waals surface area contributed by atoms with Crippen molar-refractivity contribution in [2.45, 2.75) is 0 Å². The van der Waals surface area contributed by atoms with Gasteiger partial charge in [0.2, 0.25) is 0 Å². The van der Waals surface area contributed by atoms with E-state index in [1.54, 1.807) is 0 Å². The van der Waals surface area contributed by atoms with Crippen molar-refractivity contribution >= 4 is 21.8 Å². The lowest BCUT2D eigenvalue weighted by Gasteiger charge is -2.21. The van der Waals surface area contributed by atoms with E-state index in [0.717, 1.165) is 88.7 Å². The third-order valence-electron chi connectivity index (χ3n) is 11.9. The molecule has 0 aliphatic rings. The van der Waals surface area contributed by atoms with Crippen molar-refractivity contribution in [3.63, 3.8) is 0 Å². The Morgan fingerprint density at radius 2 is 0.646 bits per heavy atom. The molecule has 0 aliphatic carbocycles. The molecule has 2 aromatic heterocycles. The fourth-order valence-corrected chi connectivity index (χ4v) is 8.78. The van der Waals surface area contributed by atoms with E-state index in [-0.39, 0.29) is 0 Å². The molecular weight excluding hydrogens is 793 g/mol. The maximum atomic E-state index is 10.0. The Balaban J connectivity index is 1.22. The first-order valence-electron chi connectivity index (χ1n) is 21.4. The number of hydrogen-bond acceptors (Lipinski definition) is 5. The zero-order valence-electron chi connectivity index (χ0n) is 35.0. The number of fused-ring (bicyclic) bond motifs is 3. The summed E-state index contributed by atoms with van der Waals surface area (Å²) < 4.78 is 2.27. The summed E-state index contributed by atoms with van der Waals surface area (Å²) in [4.78, 5) is 15.9. The van der Waals surface area contributed by atoms with E-state index in [9.17, 15) is 10.5 Å². The molecule has 0 unspecified atom stereocenters. The maximum absolute atomic E-state index is 10.0.